The van der Waals surface area contributed by atoms with Gasteiger partial charge < -0.3 is 20.3 Å². The summed E-state index contributed by atoms with van der Waals surface area (Å²) in [5.74, 6) is -1.34. The number of hydrogen-bond donors (Lipinski definition) is 3. The summed E-state index contributed by atoms with van der Waals surface area (Å²) in [5.41, 5.74) is 0.619. The number of carbonyl (C=O) groups is 2. The molecule has 2 atom stereocenters. The molecule has 0 aliphatic heterocycles. The Morgan fingerprint density at radius 1 is 1.42 bits per heavy atom. The molecule has 0 bridgehead atoms. The first kappa shape index (κ1) is 13.4. The Labute approximate surface area is 110 Å². The van der Waals surface area contributed by atoms with Gasteiger partial charge in [-0.05, 0) is 12.8 Å². The minimum atomic E-state index is -0.846. The quantitative estimate of drug-likeness (QED) is 0.758. The fourth-order valence-corrected chi connectivity index (χ4v) is 2.32. The molecule has 0 aromatic carbocycles. The number of amides is 2. The maximum Gasteiger partial charge on any atom is 0.315 e. The molecule has 1 aromatic rings. The van der Waals surface area contributed by atoms with E-state index in [1.54, 1.807) is 6.07 Å². The first-order valence-corrected chi connectivity index (χ1v) is 6.33. The van der Waals surface area contributed by atoms with Crippen LogP contribution in [0.2, 0.25) is 0 Å². The van der Waals surface area contributed by atoms with Gasteiger partial charge in [0, 0.05) is 12.1 Å². The van der Waals surface area contributed by atoms with Crippen molar-refractivity contribution in [1.82, 2.24) is 15.8 Å². The molecule has 104 valence electrons. The predicted molar refractivity (Wildman–Crippen MR) is 65.3 cm³/mol. The van der Waals surface area contributed by atoms with Crippen LogP contribution >= 0.6 is 0 Å². The molecule has 3 N–H and O–H groups in total. The zero-order chi connectivity index (χ0) is 13.7. The molecule has 19 heavy (non-hydrogen) atoms. The third kappa shape index (κ3) is 3.70. The Bertz CT molecular complexity index is 432. The molecule has 1 fully saturated rings. The average molecular weight is 267 g/mol. The van der Waals surface area contributed by atoms with Crippen molar-refractivity contribution in [3.63, 3.8) is 0 Å². The van der Waals surface area contributed by atoms with Gasteiger partial charge in [-0.1, -0.05) is 18.0 Å². The standard InChI is InChI=1S/C12H17N3O4/c16-11(17)9-3-1-2-4-10(9)14-12(18)13-7-8-5-6-19-15-8/h5-6,9-10H,1-4,7H2,(H,16,17)(H2,13,14,18). The van der Waals surface area contributed by atoms with E-state index in [-0.39, 0.29) is 18.6 Å². The molecule has 1 aliphatic rings. The third-order valence-corrected chi connectivity index (χ3v) is 3.32. The molecule has 2 rings (SSSR count). The number of carboxylic acids is 1. The third-order valence-electron chi connectivity index (χ3n) is 3.32. The minimum absolute atomic E-state index is 0.257. The van der Waals surface area contributed by atoms with E-state index in [4.69, 9.17) is 5.11 Å². The number of urea groups is 1. The second-order valence-electron chi connectivity index (χ2n) is 4.65. The molecule has 0 radical (unpaired) electrons. The molecule has 1 heterocycles. The van der Waals surface area contributed by atoms with Gasteiger partial charge in [-0.2, -0.15) is 0 Å². The SMILES string of the molecule is O=C(NCc1ccon1)NC1CCCCC1C(=O)O. The van der Waals surface area contributed by atoms with Gasteiger partial charge in [0.25, 0.3) is 0 Å². The van der Waals surface area contributed by atoms with Crippen molar-refractivity contribution in [3.8, 4) is 0 Å². The summed E-state index contributed by atoms with van der Waals surface area (Å²) in [6, 6.07) is 0.978. The zero-order valence-electron chi connectivity index (χ0n) is 10.5. The van der Waals surface area contributed by atoms with Crippen molar-refractivity contribution < 1.29 is 19.2 Å². The number of nitrogens with one attached hydrogen (secondary N) is 2. The molecule has 2 unspecified atom stereocenters. The fraction of sp³-hybridized carbons (Fsp3) is 0.583. The van der Waals surface area contributed by atoms with Crippen molar-refractivity contribution in [3.05, 3.63) is 18.0 Å². The lowest BCUT2D eigenvalue weighted by atomic mass is 9.84. The van der Waals surface area contributed by atoms with E-state index in [0.717, 1.165) is 12.8 Å². The maximum absolute atomic E-state index is 11.7. The van der Waals surface area contributed by atoms with Crippen LogP contribution in [0.5, 0.6) is 0 Å². The summed E-state index contributed by atoms with van der Waals surface area (Å²) in [4.78, 5) is 22.8. The monoisotopic (exact) mass is 267 g/mol. The molecular formula is C12H17N3O4. The second-order valence-corrected chi connectivity index (χ2v) is 4.65. The summed E-state index contributed by atoms with van der Waals surface area (Å²) in [5, 5.41) is 18.1. The molecule has 1 aromatic heterocycles. The summed E-state index contributed by atoms with van der Waals surface area (Å²) < 4.78 is 4.65. The Morgan fingerprint density at radius 3 is 2.89 bits per heavy atom. The summed E-state index contributed by atoms with van der Waals surface area (Å²) in [6.45, 7) is 0.257. The molecule has 0 saturated heterocycles. The number of rotatable bonds is 4. The number of carboxylic acid groups (broad SMARTS) is 1. The van der Waals surface area contributed by atoms with Crippen LogP contribution in [0.1, 0.15) is 31.4 Å². The zero-order valence-corrected chi connectivity index (χ0v) is 10.5. The Kier molecular flexibility index (Phi) is 4.38. The van der Waals surface area contributed by atoms with Crippen molar-refractivity contribution in [1.29, 1.82) is 0 Å². The number of hydrogen-bond acceptors (Lipinski definition) is 4. The van der Waals surface area contributed by atoms with Crippen molar-refractivity contribution >= 4 is 12.0 Å². The minimum Gasteiger partial charge on any atom is -0.481 e. The van der Waals surface area contributed by atoms with Gasteiger partial charge in [0.15, 0.2) is 0 Å². The van der Waals surface area contributed by atoms with Gasteiger partial charge in [-0.15, -0.1) is 0 Å². The molecule has 1 aliphatic carbocycles. The number of nitrogens with zero attached hydrogens (tertiary/aromatic N) is 1. The van der Waals surface area contributed by atoms with E-state index in [9.17, 15) is 9.59 Å². The van der Waals surface area contributed by atoms with E-state index in [2.05, 4.69) is 20.3 Å². The Hall–Kier alpha value is -2.05. The Balaban J connectivity index is 1.81. The second kappa shape index (κ2) is 6.21. The van der Waals surface area contributed by atoms with Crippen LogP contribution in [0, 0.1) is 5.92 Å². The highest BCUT2D eigenvalue weighted by Crippen LogP contribution is 2.24. The van der Waals surface area contributed by atoms with Crippen molar-refractivity contribution in [2.75, 3.05) is 0 Å². The van der Waals surface area contributed by atoms with Gasteiger partial charge in [0.05, 0.1) is 12.5 Å². The van der Waals surface area contributed by atoms with Gasteiger partial charge in [0.1, 0.15) is 12.0 Å². The summed E-state index contributed by atoms with van der Waals surface area (Å²) in [7, 11) is 0. The highest BCUT2D eigenvalue weighted by atomic mass is 16.5. The van der Waals surface area contributed by atoms with Crippen LogP contribution in [0.15, 0.2) is 16.9 Å². The highest BCUT2D eigenvalue weighted by molar-refractivity contribution is 5.76. The van der Waals surface area contributed by atoms with Crippen LogP contribution in [0.4, 0.5) is 4.79 Å². The normalized spacial score (nSPS) is 22.7. The van der Waals surface area contributed by atoms with Crippen LogP contribution in [0.25, 0.3) is 0 Å². The highest BCUT2D eigenvalue weighted by Gasteiger charge is 2.31. The topological polar surface area (TPSA) is 104 Å². The molecular weight excluding hydrogens is 250 g/mol. The summed E-state index contributed by atoms with van der Waals surface area (Å²) >= 11 is 0. The lowest BCUT2D eigenvalue weighted by Crippen LogP contribution is -2.48. The molecule has 0 spiro atoms. The van der Waals surface area contributed by atoms with Gasteiger partial charge in [0.2, 0.25) is 0 Å². The van der Waals surface area contributed by atoms with Crippen LogP contribution in [-0.4, -0.2) is 28.3 Å². The molecule has 2 amide bonds. The van der Waals surface area contributed by atoms with Gasteiger partial charge in [-0.25, -0.2) is 4.79 Å². The largest absolute Gasteiger partial charge is 0.481 e. The molecule has 7 nitrogen and oxygen atoms in total. The number of aromatic nitrogens is 1. The van der Waals surface area contributed by atoms with Gasteiger partial charge in [-0.3, -0.25) is 4.79 Å². The number of aliphatic carboxylic acids is 1. The van der Waals surface area contributed by atoms with E-state index in [1.165, 1.54) is 6.26 Å². The maximum atomic E-state index is 11.7. The summed E-state index contributed by atoms with van der Waals surface area (Å²) in [6.07, 6.45) is 4.59. The smallest absolute Gasteiger partial charge is 0.315 e. The predicted octanol–water partition coefficient (Wildman–Crippen LogP) is 1.12. The first-order valence-electron chi connectivity index (χ1n) is 6.33. The lowest BCUT2D eigenvalue weighted by Gasteiger charge is -2.29. The van der Waals surface area contributed by atoms with E-state index < -0.39 is 11.9 Å². The fourth-order valence-electron chi connectivity index (χ4n) is 2.32. The Morgan fingerprint density at radius 2 is 2.21 bits per heavy atom. The van der Waals surface area contributed by atoms with Gasteiger partial charge >= 0.3 is 12.0 Å². The van der Waals surface area contributed by atoms with Crippen molar-refractivity contribution in [2.45, 2.75) is 38.3 Å². The van der Waals surface area contributed by atoms with Crippen LogP contribution in [-0.2, 0) is 11.3 Å². The van der Waals surface area contributed by atoms with E-state index in [1.807, 2.05) is 0 Å². The molecule has 7 heteroatoms. The van der Waals surface area contributed by atoms with Crippen LogP contribution in [0.3, 0.4) is 0 Å². The van der Waals surface area contributed by atoms with Crippen molar-refractivity contribution in [2.24, 2.45) is 5.92 Å². The van der Waals surface area contributed by atoms with E-state index >= 15 is 0 Å². The first-order chi connectivity index (χ1) is 9.16. The average Bonchev–Trinajstić information content (AvgIpc) is 2.90. The van der Waals surface area contributed by atoms with E-state index in [0.29, 0.717) is 18.5 Å². The number of carbonyl (C=O) groups excluding carboxylic acids is 1. The molecule has 1 saturated carbocycles. The lowest BCUT2D eigenvalue weighted by molar-refractivity contribution is -0.143. The van der Waals surface area contributed by atoms with Crippen LogP contribution < -0.4 is 10.6 Å².